The molecule has 0 bridgehead atoms. The number of epoxide rings is 1. The van der Waals surface area contributed by atoms with Crippen molar-refractivity contribution < 1.29 is 14.3 Å². The molecule has 0 spiro atoms. The van der Waals surface area contributed by atoms with E-state index in [4.69, 9.17) is 14.7 Å². The Morgan fingerprint density at radius 1 is 1.53 bits per heavy atom. The highest BCUT2D eigenvalue weighted by Gasteiger charge is 2.55. The van der Waals surface area contributed by atoms with Crippen LogP contribution in [0.25, 0.3) is 0 Å². The predicted molar refractivity (Wildman–Crippen MR) is 58.3 cm³/mol. The minimum Gasteiger partial charge on any atom is -0.452 e. The van der Waals surface area contributed by atoms with Gasteiger partial charge in [0.1, 0.15) is 12.2 Å². The minimum atomic E-state index is -0.609. The molecule has 2 heterocycles. The summed E-state index contributed by atoms with van der Waals surface area (Å²) in [6, 6.07) is 8.91. The van der Waals surface area contributed by atoms with E-state index >= 15 is 0 Å². The van der Waals surface area contributed by atoms with Crippen LogP contribution in [0.5, 0.6) is 0 Å². The van der Waals surface area contributed by atoms with Crippen LogP contribution >= 0.6 is 0 Å². The normalized spacial score (nSPS) is 28.7. The molecule has 2 aliphatic heterocycles. The van der Waals surface area contributed by atoms with Gasteiger partial charge in [-0.2, -0.15) is 5.26 Å². The predicted octanol–water partition coefficient (Wildman–Crippen LogP) is 1.61. The largest absolute Gasteiger partial charge is 0.452 e. The number of ether oxygens (including phenoxy) is 2. The second kappa shape index (κ2) is 3.47. The van der Waals surface area contributed by atoms with Gasteiger partial charge in [0.05, 0.1) is 18.9 Å². The Kier molecular flexibility index (Phi) is 2.06. The first-order valence-electron chi connectivity index (χ1n) is 5.29. The van der Waals surface area contributed by atoms with Crippen LogP contribution in [0.4, 0.5) is 10.5 Å². The lowest BCUT2D eigenvalue weighted by Crippen LogP contribution is -2.45. The van der Waals surface area contributed by atoms with E-state index in [9.17, 15) is 4.79 Å². The fraction of sp³-hybridized carbons (Fsp3) is 0.333. The quantitative estimate of drug-likeness (QED) is 0.635. The summed E-state index contributed by atoms with van der Waals surface area (Å²) in [5.74, 6) is 0. The number of hydrogen-bond donors (Lipinski definition) is 0. The molecule has 5 nitrogen and oxygen atoms in total. The molecular formula is C12H10N2O3. The van der Waals surface area contributed by atoms with Gasteiger partial charge in [-0.25, -0.2) is 4.79 Å². The van der Waals surface area contributed by atoms with Crippen molar-refractivity contribution in [3.63, 3.8) is 0 Å². The molecule has 0 N–H and O–H groups in total. The number of para-hydroxylation sites is 1. The number of methoxy groups -OCH3 is 1. The van der Waals surface area contributed by atoms with E-state index in [1.54, 1.807) is 6.07 Å². The van der Waals surface area contributed by atoms with Crippen molar-refractivity contribution in [3.05, 3.63) is 29.8 Å². The zero-order chi connectivity index (χ0) is 12.0. The SMILES string of the molecule is COC(=O)N1c2ccccc2[C@@H]2O[C@@H]2[C@H]1C#N. The van der Waals surface area contributed by atoms with Gasteiger partial charge in [0.2, 0.25) is 0 Å². The zero-order valence-corrected chi connectivity index (χ0v) is 9.16. The minimum absolute atomic E-state index is 0.0586. The van der Waals surface area contributed by atoms with Crippen molar-refractivity contribution in [1.29, 1.82) is 5.26 Å². The van der Waals surface area contributed by atoms with Gasteiger partial charge in [0.25, 0.3) is 0 Å². The number of amides is 1. The third kappa shape index (κ3) is 1.31. The first-order chi connectivity index (χ1) is 8.27. The van der Waals surface area contributed by atoms with Gasteiger partial charge in [0.15, 0.2) is 6.04 Å². The van der Waals surface area contributed by atoms with Crippen molar-refractivity contribution in [2.24, 2.45) is 0 Å². The van der Waals surface area contributed by atoms with E-state index in [0.29, 0.717) is 5.69 Å². The van der Waals surface area contributed by atoms with Crippen LogP contribution in [-0.4, -0.2) is 25.3 Å². The highest BCUT2D eigenvalue weighted by molar-refractivity contribution is 5.91. The molecule has 86 valence electrons. The van der Waals surface area contributed by atoms with Crippen LogP contribution in [0, 0.1) is 11.3 Å². The van der Waals surface area contributed by atoms with Crippen molar-refractivity contribution >= 4 is 11.8 Å². The van der Waals surface area contributed by atoms with Crippen LogP contribution in [0.2, 0.25) is 0 Å². The summed E-state index contributed by atoms with van der Waals surface area (Å²) >= 11 is 0. The van der Waals surface area contributed by atoms with E-state index in [2.05, 4.69) is 6.07 Å². The number of nitrogens with zero attached hydrogens (tertiary/aromatic N) is 2. The molecule has 1 saturated heterocycles. The summed E-state index contributed by atoms with van der Waals surface area (Å²) in [4.78, 5) is 13.1. The molecule has 0 aliphatic carbocycles. The van der Waals surface area contributed by atoms with Gasteiger partial charge in [-0.15, -0.1) is 0 Å². The summed E-state index contributed by atoms with van der Waals surface area (Å²) in [6.45, 7) is 0. The van der Waals surface area contributed by atoms with Crippen LogP contribution in [0.1, 0.15) is 11.7 Å². The van der Waals surface area contributed by atoms with Crippen molar-refractivity contribution in [2.45, 2.75) is 18.2 Å². The topological polar surface area (TPSA) is 65.9 Å². The lowest BCUT2D eigenvalue weighted by atomic mass is 9.97. The van der Waals surface area contributed by atoms with E-state index in [0.717, 1.165) is 5.56 Å². The third-order valence-corrected chi connectivity index (χ3v) is 3.12. The molecule has 1 aromatic rings. The van der Waals surface area contributed by atoms with Gasteiger partial charge >= 0.3 is 6.09 Å². The highest BCUT2D eigenvalue weighted by Crippen LogP contribution is 2.50. The maximum atomic E-state index is 11.8. The fourth-order valence-corrected chi connectivity index (χ4v) is 2.30. The standard InChI is InChI=1S/C12H10N2O3/c1-16-12(15)14-8-5-3-2-4-7(8)10-11(17-10)9(14)6-13/h2-5,9-11H,1H3/t9-,10+,11-/m1/s1. The van der Waals surface area contributed by atoms with E-state index in [1.807, 2.05) is 18.2 Å². The molecule has 0 unspecified atom stereocenters. The molecule has 1 aromatic carbocycles. The Balaban J connectivity index is 2.12. The number of benzene rings is 1. The summed E-state index contributed by atoms with van der Waals surface area (Å²) < 4.78 is 10.2. The second-order valence-electron chi connectivity index (χ2n) is 3.99. The van der Waals surface area contributed by atoms with Crippen LogP contribution < -0.4 is 4.90 Å². The number of rotatable bonds is 0. The lowest BCUT2D eigenvalue weighted by Gasteiger charge is -2.29. The molecule has 0 radical (unpaired) electrons. The van der Waals surface area contributed by atoms with Gasteiger partial charge in [-0.05, 0) is 6.07 Å². The Bertz CT molecular complexity index is 523. The summed E-state index contributed by atoms with van der Waals surface area (Å²) in [6.07, 6.45) is -0.816. The fourth-order valence-electron chi connectivity index (χ4n) is 2.30. The Labute approximate surface area is 98.2 Å². The Morgan fingerprint density at radius 3 is 3.00 bits per heavy atom. The highest BCUT2D eigenvalue weighted by atomic mass is 16.6. The van der Waals surface area contributed by atoms with Crippen LogP contribution in [0.3, 0.4) is 0 Å². The van der Waals surface area contributed by atoms with Crippen LogP contribution in [0.15, 0.2) is 24.3 Å². The van der Waals surface area contributed by atoms with Gasteiger partial charge in [0, 0.05) is 5.56 Å². The molecule has 2 aliphatic rings. The van der Waals surface area contributed by atoms with Gasteiger partial charge < -0.3 is 9.47 Å². The monoisotopic (exact) mass is 230 g/mol. The first kappa shape index (κ1) is 10.1. The van der Waals surface area contributed by atoms with Crippen LogP contribution in [-0.2, 0) is 9.47 Å². The number of nitriles is 1. The number of fused-ring (bicyclic) bond motifs is 3. The van der Waals surface area contributed by atoms with E-state index in [-0.39, 0.29) is 12.2 Å². The molecule has 5 heteroatoms. The number of hydrogen-bond acceptors (Lipinski definition) is 4. The molecule has 1 amide bonds. The van der Waals surface area contributed by atoms with Crippen molar-refractivity contribution in [3.8, 4) is 6.07 Å². The molecule has 0 saturated carbocycles. The van der Waals surface area contributed by atoms with E-state index in [1.165, 1.54) is 12.0 Å². The summed E-state index contributed by atoms with van der Waals surface area (Å²) in [5.41, 5.74) is 1.64. The Hall–Kier alpha value is -2.06. The second-order valence-corrected chi connectivity index (χ2v) is 3.99. The Morgan fingerprint density at radius 2 is 2.29 bits per heavy atom. The summed E-state index contributed by atoms with van der Waals surface area (Å²) in [7, 11) is 1.30. The van der Waals surface area contributed by atoms with Gasteiger partial charge in [-0.1, -0.05) is 18.2 Å². The smallest absolute Gasteiger partial charge is 0.415 e. The average Bonchev–Trinajstić information content (AvgIpc) is 3.16. The molecule has 17 heavy (non-hydrogen) atoms. The number of carbonyl (C=O) groups excluding carboxylic acids is 1. The maximum Gasteiger partial charge on any atom is 0.415 e. The number of anilines is 1. The first-order valence-corrected chi connectivity index (χ1v) is 5.29. The molecule has 1 fully saturated rings. The van der Waals surface area contributed by atoms with Crippen molar-refractivity contribution in [1.82, 2.24) is 0 Å². The van der Waals surface area contributed by atoms with Crippen molar-refractivity contribution in [2.75, 3.05) is 12.0 Å². The molecule has 3 rings (SSSR count). The van der Waals surface area contributed by atoms with Gasteiger partial charge in [-0.3, -0.25) is 4.90 Å². The van der Waals surface area contributed by atoms with E-state index < -0.39 is 12.1 Å². The maximum absolute atomic E-state index is 11.8. The zero-order valence-electron chi connectivity index (χ0n) is 9.16. The summed E-state index contributed by atoms with van der Waals surface area (Å²) in [5, 5.41) is 9.15. The number of carbonyl (C=O) groups is 1. The lowest BCUT2D eigenvalue weighted by molar-refractivity contribution is 0.176. The average molecular weight is 230 g/mol. The molecule has 3 atom stereocenters. The molecular weight excluding hydrogens is 220 g/mol. The molecule has 0 aromatic heterocycles. The third-order valence-electron chi connectivity index (χ3n) is 3.12.